The SMILES string of the molecule is COc1ccc(/C=C(\NC(=O)c2ccccc2)C(=O)N[C@H](C(=O)O)C(C)C)cc1. The minimum atomic E-state index is -1.15. The molecule has 7 nitrogen and oxygen atoms in total. The van der Waals surface area contributed by atoms with Crippen LogP contribution in [0.3, 0.4) is 0 Å². The minimum absolute atomic E-state index is 0.0593. The molecule has 2 aromatic carbocycles. The fraction of sp³-hybridized carbons (Fsp3) is 0.227. The molecule has 2 aromatic rings. The smallest absolute Gasteiger partial charge is 0.326 e. The highest BCUT2D eigenvalue weighted by Gasteiger charge is 2.25. The van der Waals surface area contributed by atoms with Crippen LogP contribution in [0.2, 0.25) is 0 Å². The summed E-state index contributed by atoms with van der Waals surface area (Å²) in [5.74, 6) is -2.00. The monoisotopic (exact) mass is 396 g/mol. The predicted octanol–water partition coefficient (Wildman–Crippen LogP) is 2.69. The molecule has 0 aliphatic carbocycles. The zero-order valence-electron chi connectivity index (χ0n) is 16.5. The van der Waals surface area contributed by atoms with Gasteiger partial charge in [0.05, 0.1) is 7.11 Å². The number of methoxy groups -OCH3 is 1. The number of hydrogen-bond donors (Lipinski definition) is 3. The van der Waals surface area contributed by atoms with E-state index in [0.29, 0.717) is 16.9 Å². The molecule has 0 unspecified atom stereocenters. The van der Waals surface area contributed by atoms with Crippen molar-refractivity contribution >= 4 is 23.9 Å². The van der Waals surface area contributed by atoms with Crippen LogP contribution in [-0.2, 0) is 9.59 Å². The van der Waals surface area contributed by atoms with E-state index in [9.17, 15) is 19.5 Å². The van der Waals surface area contributed by atoms with Crippen molar-refractivity contribution in [2.45, 2.75) is 19.9 Å². The van der Waals surface area contributed by atoms with Gasteiger partial charge in [0.2, 0.25) is 0 Å². The molecule has 3 N–H and O–H groups in total. The number of nitrogens with one attached hydrogen (secondary N) is 2. The second kappa shape index (κ2) is 10.1. The molecule has 0 spiro atoms. The van der Waals surface area contributed by atoms with Crippen molar-refractivity contribution in [2.24, 2.45) is 5.92 Å². The summed E-state index contributed by atoms with van der Waals surface area (Å²) in [7, 11) is 1.54. The average Bonchev–Trinajstić information content (AvgIpc) is 2.71. The Balaban J connectivity index is 2.33. The Bertz CT molecular complexity index is 889. The summed E-state index contributed by atoms with van der Waals surface area (Å²) in [5, 5.41) is 14.4. The van der Waals surface area contributed by atoms with E-state index in [-0.39, 0.29) is 11.6 Å². The topological polar surface area (TPSA) is 105 Å². The first-order valence-electron chi connectivity index (χ1n) is 9.07. The lowest BCUT2D eigenvalue weighted by Crippen LogP contribution is -2.47. The second-order valence-electron chi connectivity index (χ2n) is 6.68. The fourth-order valence-corrected chi connectivity index (χ4v) is 2.54. The van der Waals surface area contributed by atoms with Gasteiger partial charge in [0.1, 0.15) is 17.5 Å². The van der Waals surface area contributed by atoms with Crippen molar-refractivity contribution < 1.29 is 24.2 Å². The average molecular weight is 396 g/mol. The Labute approximate surface area is 169 Å². The number of carbonyl (C=O) groups is 3. The fourth-order valence-electron chi connectivity index (χ4n) is 2.54. The summed E-state index contributed by atoms with van der Waals surface area (Å²) < 4.78 is 5.11. The van der Waals surface area contributed by atoms with Crippen LogP contribution >= 0.6 is 0 Å². The summed E-state index contributed by atoms with van der Waals surface area (Å²) in [6.45, 7) is 3.38. The first-order chi connectivity index (χ1) is 13.8. The van der Waals surface area contributed by atoms with Gasteiger partial charge in [-0.05, 0) is 41.8 Å². The first-order valence-corrected chi connectivity index (χ1v) is 9.07. The van der Waals surface area contributed by atoms with Crippen LogP contribution in [-0.4, -0.2) is 36.0 Å². The van der Waals surface area contributed by atoms with E-state index >= 15 is 0 Å². The molecule has 2 amide bonds. The number of aliphatic carboxylic acids is 1. The van der Waals surface area contributed by atoms with E-state index in [1.54, 1.807) is 75.6 Å². The lowest BCUT2D eigenvalue weighted by atomic mass is 10.0. The number of hydrogen-bond acceptors (Lipinski definition) is 4. The summed E-state index contributed by atoms with van der Waals surface area (Å²) in [4.78, 5) is 36.7. The zero-order valence-corrected chi connectivity index (χ0v) is 16.5. The van der Waals surface area contributed by atoms with Crippen molar-refractivity contribution in [3.63, 3.8) is 0 Å². The Kier molecular flexibility index (Phi) is 7.54. The molecule has 0 aromatic heterocycles. The van der Waals surface area contributed by atoms with Crippen LogP contribution < -0.4 is 15.4 Å². The summed E-state index contributed by atoms with van der Waals surface area (Å²) in [6.07, 6.45) is 1.48. The predicted molar refractivity (Wildman–Crippen MR) is 109 cm³/mol. The van der Waals surface area contributed by atoms with Gasteiger partial charge in [0, 0.05) is 5.56 Å². The van der Waals surface area contributed by atoms with Crippen molar-refractivity contribution in [3.05, 3.63) is 71.4 Å². The Morgan fingerprint density at radius 2 is 1.62 bits per heavy atom. The van der Waals surface area contributed by atoms with E-state index in [1.165, 1.54) is 6.08 Å². The third kappa shape index (κ3) is 6.21. The van der Waals surface area contributed by atoms with Gasteiger partial charge in [-0.25, -0.2) is 4.79 Å². The lowest BCUT2D eigenvalue weighted by Gasteiger charge is -2.19. The second-order valence-corrected chi connectivity index (χ2v) is 6.68. The summed E-state index contributed by atoms with van der Waals surface area (Å²) >= 11 is 0. The minimum Gasteiger partial charge on any atom is -0.497 e. The standard InChI is InChI=1S/C22H24N2O5/c1-14(2)19(22(27)28)24-21(26)18(13-15-9-11-17(29-3)12-10-15)23-20(25)16-7-5-4-6-8-16/h4-14,19H,1-3H3,(H,23,25)(H,24,26)(H,27,28)/b18-13-/t19-/m0/s1. The molecule has 29 heavy (non-hydrogen) atoms. The number of ether oxygens (including phenoxy) is 1. The first kappa shape index (κ1) is 21.7. The van der Waals surface area contributed by atoms with Gasteiger partial charge in [-0.3, -0.25) is 9.59 Å². The van der Waals surface area contributed by atoms with E-state index in [4.69, 9.17) is 4.74 Å². The molecule has 0 heterocycles. The number of carboxylic acid groups (broad SMARTS) is 1. The van der Waals surface area contributed by atoms with Crippen LogP contribution in [0, 0.1) is 5.92 Å². The highest BCUT2D eigenvalue weighted by atomic mass is 16.5. The summed E-state index contributed by atoms with van der Waals surface area (Å²) in [6, 6.07) is 14.2. The summed E-state index contributed by atoms with van der Waals surface area (Å²) in [5.41, 5.74) is 0.955. The van der Waals surface area contributed by atoms with E-state index in [0.717, 1.165) is 0 Å². The number of carboxylic acids is 1. The van der Waals surface area contributed by atoms with Crippen molar-refractivity contribution in [3.8, 4) is 5.75 Å². The van der Waals surface area contributed by atoms with Crippen LogP contribution in [0.5, 0.6) is 5.75 Å². The molecule has 0 aliphatic heterocycles. The van der Waals surface area contributed by atoms with E-state index in [1.807, 2.05) is 0 Å². The largest absolute Gasteiger partial charge is 0.497 e. The quantitative estimate of drug-likeness (QED) is 0.595. The van der Waals surface area contributed by atoms with E-state index in [2.05, 4.69) is 10.6 Å². The molecule has 152 valence electrons. The van der Waals surface area contributed by atoms with Gasteiger partial charge >= 0.3 is 5.97 Å². The molecule has 0 bridgehead atoms. The third-order valence-corrected chi connectivity index (χ3v) is 4.17. The van der Waals surface area contributed by atoms with Crippen LogP contribution in [0.15, 0.2) is 60.3 Å². The van der Waals surface area contributed by atoms with Crippen LogP contribution in [0.25, 0.3) is 6.08 Å². The molecule has 2 rings (SSSR count). The maximum absolute atomic E-state index is 12.8. The Morgan fingerprint density at radius 3 is 2.14 bits per heavy atom. The third-order valence-electron chi connectivity index (χ3n) is 4.17. The number of benzene rings is 2. The van der Waals surface area contributed by atoms with Crippen molar-refractivity contribution in [1.29, 1.82) is 0 Å². The normalized spacial score (nSPS) is 12.2. The number of amides is 2. The van der Waals surface area contributed by atoms with Gasteiger partial charge in [-0.2, -0.15) is 0 Å². The molecule has 0 saturated carbocycles. The molecular weight excluding hydrogens is 372 g/mol. The van der Waals surface area contributed by atoms with Gasteiger partial charge < -0.3 is 20.5 Å². The molecule has 0 fully saturated rings. The molecule has 0 aliphatic rings. The lowest BCUT2D eigenvalue weighted by molar-refractivity contribution is -0.142. The molecule has 0 radical (unpaired) electrons. The Morgan fingerprint density at radius 1 is 1.00 bits per heavy atom. The maximum atomic E-state index is 12.8. The molecule has 1 atom stereocenters. The van der Waals surface area contributed by atoms with Gasteiger partial charge in [0.15, 0.2) is 0 Å². The highest BCUT2D eigenvalue weighted by molar-refractivity contribution is 6.06. The van der Waals surface area contributed by atoms with Crippen molar-refractivity contribution in [2.75, 3.05) is 7.11 Å². The van der Waals surface area contributed by atoms with Gasteiger partial charge in [-0.15, -0.1) is 0 Å². The maximum Gasteiger partial charge on any atom is 0.326 e. The van der Waals surface area contributed by atoms with E-state index < -0.39 is 23.8 Å². The number of rotatable bonds is 8. The molecule has 7 heteroatoms. The highest BCUT2D eigenvalue weighted by Crippen LogP contribution is 2.14. The zero-order chi connectivity index (χ0) is 21.4. The van der Waals surface area contributed by atoms with Gasteiger partial charge in [0.25, 0.3) is 11.8 Å². The van der Waals surface area contributed by atoms with Gasteiger partial charge in [-0.1, -0.05) is 44.2 Å². The van der Waals surface area contributed by atoms with Crippen molar-refractivity contribution in [1.82, 2.24) is 10.6 Å². The molecular formula is C22H24N2O5. The Hall–Kier alpha value is -3.61. The number of carbonyl (C=O) groups excluding carboxylic acids is 2. The molecule has 0 saturated heterocycles. The van der Waals surface area contributed by atoms with Crippen LogP contribution in [0.4, 0.5) is 0 Å². The van der Waals surface area contributed by atoms with Crippen LogP contribution in [0.1, 0.15) is 29.8 Å².